The van der Waals surface area contributed by atoms with Crippen molar-refractivity contribution in [2.75, 3.05) is 19.7 Å². The molecule has 30 heavy (non-hydrogen) atoms. The molecule has 2 aromatic heterocycles. The lowest BCUT2D eigenvalue weighted by Gasteiger charge is -2.38. The molecule has 0 unspecified atom stereocenters. The second-order valence-corrected chi connectivity index (χ2v) is 8.56. The summed E-state index contributed by atoms with van der Waals surface area (Å²) in [4.78, 5) is 36.3. The number of hydrogen-bond donors (Lipinski definition) is 1. The zero-order chi connectivity index (χ0) is 21.1. The first-order valence-electron chi connectivity index (χ1n) is 11.0. The third-order valence-electron chi connectivity index (χ3n) is 6.47. The van der Waals surface area contributed by atoms with Crippen molar-refractivity contribution >= 4 is 23.2 Å². The van der Waals surface area contributed by atoms with Crippen LogP contribution in [0.15, 0.2) is 18.3 Å². The molecule has 162 valence electrons. The third kappa shape index (κ3) is 4.13. The van der Waals surface area contributed by atoms with E-state index in [1.54, 1.807) is 6.20 Å². The summed E-state index contributed by atoms with van der Waals surface area (Å²) >= 11 is 0. The van der Waals surface area contributed by atoms with Crippen molar-refractivity contribution in [3.63, 3.8) is 0 Å². The van der Waals surface area contributed by atoms with Crippen LogP contribution in [0.5, 0.6) is 0 Å². The van der Waals surface area contributed by atoms with Crippen LogP contribution < -0.4 is 5.32 Å². The topological polar surface area (TPSA) is 89.3 Å². The molecule has 2 amide bonds. The second-order valence-electron chi connectivity index (χ2n) is 8.56. The van der Waals surface area contributed by atoms with Gasteiger partial charge in [-0.25, -0.2) is 14.8 Å². The zero-order valence-corrected chi connectivity index (χ0v) is 17.9. The second kappa shape index (κ2) is 8.62. The van der Waals surface area contributed by atoms with Gasteiger partial charge in [-0.2, -0.15) is 0 Å². The Labute approximate surface area is 177 Å². The number of likely N-dealkylation sites (tertiary alicyclic amines) is 1. The molecule has 8 heteroatoms. The minimum Gasteiger partial charge on any atom is -0.466 e. The molecule has 0 spiro atoms. The molecule has 1 saturated carbocycles. The lowest BCUT2D eigenvalue weighted by Crippen LogP contribution is -2.55. The minimum absolute atomic E-state index is 0.0828. The summed E-state index contributed by atoms with van der Waals surface area (Å²) in [5.41, 5.74) is 1.26. The van der Waals surface area contributed by atoms with Gasteiger partial charge < -0.3 is 19.5 Å². The number of ether oxygens (including phenoxy) is 1. The van der Waals surface area contributed by atoms with E-state index in [2.05, 4.69) is 10.3 Å². The Balaban J connectivity index is 1.44. The van der Waals surface area contributed by atoms with Gasteiger partial charge in [-0.3, -0.25) is 4.79 Å². The first-order valence-corrected chi connectivity index (χ1v) is 11.0. The van der Waals surface area contributed by atoms with Crippen LogP contribution in [0.2, 0.25) is 0 Å². The Kier molecular flexibility index (Phi) is 5.92. The highest BCUT2D eigenvalue weighted by Crippen LogP contribution is 2.33. The quantitative estimate of drug-likeness (QED) is 0.761. The molecule has 2 fully saturated rings. The van der Waals surface area contributed by atoms with E-state index in [9.17, 15) is 9.59 Å². The fraction of sp³-hybridized carbons (Fsp3) is 0.636. The van der Waals surface area contributed by atoms with Crippen LogP contribution in [0, 0.1) is 0 Å². The maximum atomic E-state index is 13.1. The summed E-state index contributed by atoms with van der Waals surface area (Å²) in [5, 5.41) is 3.22. The van der Waals surface area contributed by atoms with Gasteiger partial charge in [0.15, 0.2) is 5.65 Å². The summed E-state index contributed by atoms with van der Waals surface area (Å²) in [7, 11) is 1.98. The number of pyridine rings is 1. The molecule has 0 radical (unpaired) electrons. The SMILES string of the molecule is CCOC(=O)CC1(NC(=O)N2CC[C@H](c3nc4cccnc4n3C)C2)CCCCC1. The van der Waals surface area contributed by atoms with Crippen LogP contribution in [-0.4, -0.2) is 56.7 Å². The van der Waals surface area contributed by atoms with E-state index in [4.69, 9.17) is 9.72 Å². The van der Waals surface area contributed by atoms with Crippen LogP contribution >= 0.6 is 0 Å². The average Bonchev–Trinajstić information content (AvgIpc) is 3.34. The lowest BCUT2D eigenvalue weighted by molar-refractivity contribution is -0.145. The van der Waals surface area contributed by atoms with Gasteiger partial charge in [0.25, 0.3) is 0 Å². The molecule has 1 aliphatic carbocycles. The van der Waals surface area contributed by atoms with Crippen molar-refractivity contribution < 1.29 is 14.3 Å². The van der Waals surface area contributed by atoms with E-state index in [0.717, 1.165) is 55.5 Å². The molecule has 1 atom stereocenters. The summed E-state index contributed by atoms with van der Waals surface area (Å²) < 4.78 is 7.21. The zero-order valence-electron chi connectivity index (χ0n) is 17.9. The predicted molar refractivity (Wildman–Crippen MR) is 113 cm³/mol. The van der Waals surface area contributed by atoms with Crippen LogP contribution in [0.1, 0.15) is 63.6 Å². The first-order chi connectivity index (χ1) is 14.5. The van der Waals surface area contributed by atoms with E-state index < -0.39 is 5.54 Å². The molecule has 1 aliphatic heterocycles. The summed E-state index contributed by atoms with van der Waals surface area (Å²) in [5.74, 6) is 0.923. The molecule has 0 aromatic carbocycles. The Bertz CT molecular complexity index is 919. The van der Waals surface area contributed by atoms with Gasteiger partial charge in [-0.05, 0) is 38.3 Å². The molecular formula is C22H31N5O3. The Morgan fingerprint density at radius 1 is 1.30 bits per heavy atom. The smallest absolute Gasteiger partial charge is 0.317 e. The van der Waals surface area contributed by atoms with Gasteiger partial charge in [-0.15, -0.1) is 0 Å². The molecular weight excluding hydrogens is 382 g/mol. The molecule has 3 heterocycles. The first kappa shape index (κ1) is 20.6. The van der Waals surface area contributed by atoms with Crippen molar-refractivity contribution in [3.8, 4) is 0 Å². The number of hydrogen-bond acceptors (Lipinski definition) is 5. The third-order valence-corrected chi connectivity index (χ3v) is 6.47. The monoisotopic (exact) mass is 413 g/mol. The van der Waals surface area contributed by atoms with Gasteiger partial charge in [0.05, 0.1) is 18.6 Å². The molecule has 0 bridgehead atoms. The fourth-order valence-corrected chi connectivity index (χ4v) is 4.93. The number of carbonyl (C=O) groups is 2. The fourth-order valence-electron chi connectivity index (χ4n) is 4.93. The van der Waals surface area contributed by atoms with Crippen LogP contribution in [0.3, 0.4) is 0 Å². The Morgan fingerprint density at radius 2 is 2.10 bits per heavy atom. The highest BCUT2D eigenvalue weighted by atomic mass is 16.5. The van der Waals surface area contributed by atoms with Crippen molar-refractivity contribution in [1.29, 1.82) is 0 Å². The van der Waals surface area contributed by atoms with Crippen molar-refractivity contribution in [3.05, 3.63) is 24.2 Å². The standard InChI is InChI=1S/C22H31N5O3/c1-3-30-18(28)14-22(10-5-4-6-11-22)25-21(29)27-13-9-16(15-27)19-24-17-8-7-12-23-20(17)26(19)2/h7-8,12,16H,3-6,9-11,13-15H2,1-2H3,(H,25,29)/t16-/m0/s1. The lowest BCUT2D eigenvalue weighted by atomic mass is 9.79. The van der Waals surface area contributed by atoms with Gasteiger partial charge in [0.1, 0.15) is 11.3 Å². The van der Waals surface area contributed by atoms with Gasteiger partial charge in [0, 0.05) is 32.3 Å². The Morgan fingerprint density at radius 3 is 2.83 bits per heavy atom. The number of amides is 2. The number of aryl methyl sites for hydroxylation is 1. The van der Waals surface area contributed by atoms with Crippen molar-refractivity contribution in [1.82, 2.24) is 24.8 Å². The number of imidazole rings is 1. The number of carbonyl (C=O) groups excluding carboxylic acids is 2. The largest absolute Gasteiger partial charge is 0.466 e. The summed E-state index contributed by atoms with van der Waals surface area (Å²) in [6.45, 7) is 3.48. The number of nitrogens with one attached hydrogen (secondary N) is 1. The van der Waals surface area contributed by atoms with E-state index in [1.807, 2.05) is 35.6 Å². The number of fused-ring (bicyclic) bond motifs is 1. The van der Waals surface area contributed by atoms with Gasteiger partial charge >= 0.3 is 12.0 Å². The normalized spacial score (nSPS) is 21.0. The number of aromatic nitrogens is 3. The highest BCUT2D eigenvalue weighted by Gasteiger charge is 2.39. The molecule has 2 aliphatic rings. The van der Waals surface area contributed by atoms with E-state index in [1.165, 1.54) is 0 Å². The van der Waals surface area contributed by atoms with E-state index in [-0.39, 0.29) is 24.3 Å². The van der Waals surface area contributed by atoms with Crippen molar-refractivity contribution in [2.45, 2.75) is 63.3 Å². The number of rotatable bonds is 5. The summed E-state index contributed by atoms with van der Waals surface area (Å²) in [6, 6.07) is 3.77. The van der Waals surface area contributed by atoms with Crippen molar-refractivity contribution in [2.24, 2.45) is 7.05 Å². The number of esters is 1. The molecule has 8 nitrogen and oxygen atoms in total. The maximum Gasteiger partial charge on any atom is 0.317 e. The van der Waals surface area contributed by atoms with Crippen LogP contribution in [0.4, 0.5) is 4.79 Å². The number of nitrogens with zero attached hydrogens (tertiary/aromatic N) is 4. The summed E-state index contributed by atoms with van der Waals surface area (Å²) in [6.07, 6.45) is 7.74. The van der Waals surface area contributed by atoms with Crippen LogP contribution in [0.25, 0.3) is 11.2 Å². The molecule has 1 saturated heterocycles. The van der Waals surface area contributed by atoms with Crippen LogP contribution in [-0.2, 0) is 16.6 Å². The van der Waals surface area contributed by atoms with E-state index in [0.29, 0.717) is 19.7 Å². The maximum absolute atomic E-state index is 13.1. The molecule has 2 aromatic rings. The predicted octanol–water partition coefficient (Wildman–Crippen LogP) is 3.12. The van der Waals surface area contributed by atoms with Gasteiger partial charge in [0.2, 0.25) is 0 Å². The Hall–Kier alpha value is -2.64. The number of urea groups is 1. The van der Waals surface area contributed by atoms with E-state index >= 15 is 0 Å². The highest BCUT2D eigenvalue weighted by molar-refractivity contribution is 5.78. The van der Waals surface area contributed by atoms with Gasteiger partial charge in [-0.1, -0.05) is 19.3 Å². The average molecular weight is 414 g/mol. The molecule has 1 N–H and O–H groups in total. The molecule has 4 rings (SSSR count). The minimum atomic E-state index is -0.485.